The van der Waals surface area contributed by atoms with Crippen molar-refractivity contribution in [2.75, 3.05) is 24.7 Å². The first-order valence-corrected chi connectivity index (χ1v) is 11.3. The number of sulfonamides is 1. The molecule has 1 fully saturated rings. The number of nitrogens with zero attached hydrogens (tertiary/aromatic N) is 2. The van der Waals surface area contributed by atoms with E-state index in [9.17, 15) is 8.42 Å². The Bertz CT molecular complexity index is 979. The normalized spacial score (nSPS) is 18.9. The Morgan fingerprint density at radius 3 is 2.36 bits per heavy atom. The molecule has 0 radical (unpaired) electrons. The molecule has 0 aromatic heterocycles. The molecule has 6 heteroatoms. The van der Waals surface area contributed by atoms with Crippen molar-refractivity contribution >= 4 is 15.7 Å². The van der Waals surface area contributed by atoms with Gasteiger partial charge >= 0.3 is 0 Å². The lowest BCUT2D eigenvalue weighted by atomic mass is 10.0. The summed E-state index contributed by atoms with van der Waals surface area (Å²) in [5.74, 6) is 0. The fourth-order valence-corrected chi connectivity index (χ4v) is 6.03. The van der Waals surface area contributed by atoms with Crippen LogP contribution in [0.15, 0.2) is 41.3 Å². The molecule has 0 saturated carbocycles. The van der Waals surface area contributed by atoms with Gasteiger partial charge in [-0.05, 0) is 51.3 Å². The van der Waals surface area contributed by atoms with E-state index in [1.807, 2.05) is 26.0 Å². The van der Waals surface area contributed by atoms with Crippen molar-refractivity contribution in [1.82, 2.24) is 4.31 Å². The van der Waals surface area contributed by atoms with Crippen LogP contribution in [0.5, 0.6) is 0 Å². The van der Waals surface area contributed by atoms with Crippen LogP contribution < -0.4 is 4.90 Å². The van der Waals surface area contributed by atoms with Crippen molar-refractivity contribution in [2.24, 2.45) is 0 Å². The molecule has 0 atom stereocenters. The lowest BCUT2D eigenvalue weighted by molar-refractivity contribution is 0.0987. The molecular formula is C22H28N2O3S. The molecule has 2 aliphatic rings. The van der Waals surface area contributed by atoms with Crippen molar-refractivity contribution in [3.8, 4) is 0 Å². The van der Waals surface area contributed by atoms with E-state index in [4.69, 9.17) is 4.74 Å². The highest BCUT2D eigenvalue weighted by molar-refractivity contribution is 7.89. The smallest absolute Gasteiger partial charge is 0.243 e. The Morgan fingerprint density at radius 2 is 1.64 bits per heavy atom. The van der Waals surface area contributed by atoms with Crippen LogP contribution in [0.4, 0.5) is 5.69 Å². The molecule has 5 nitrogen and oxygen atoms in total. The van der Waals surface area contributed by atoms with Crippen molar-refractivity contribution in [3.63, 3.8) is 0 Å². The summed E-state index contributed by atoms with van der Waals surface area (Å²) in [6.45, 7) is 8.25. The number of ether oxygens (including phenoxy) is 1. The molecule has 2 aromatic carbocycles. The maximum Gasteiger partial charge on any atom is 0.243 e. The molecule has 0 aliphatic carbocycles. The van der Waals surface area contributed by atoms with Gasteiger partial charge in [0.25, 0.3) is 0 Å². The second kappa shape index (κ2) is 7.50. The summed E-state index contributed by atoms with van der Waals surface area (Å²) in [6, 6.07) is 12.3. The minimum absolute atomic E-state index is 0.298. The molecule has 0 N–H and O–H groups in total. The number of fused-ring (bicyclic) bond motifs is 1. The molecule has 28 heavy (non-hydrogen) atoms. The standard InChI is InChI=1S/C22H28N2O3S/c1-16-5-7-22(18(3)12-16)28(25,26)23-10-8-20(9-11-23)24-15-27-14-19-13-17(2)4-6-21(19)24/h4-7,12-13,20H,8-11,14-15H2,1-3H3. The number of aryl methyl sites for hydroxylation is 3. The van der Waals surface area contributed by atoms with Crippen LogP contribution in [0, 0.1) is 20.8 Å². The van der Waals surface area contributed by atoms with E-state index in [1.54, 1.807) is 10.4 Å². The van der Waals surface area contributed by atoms with Gasteiger partial charge in [0.1, 0.15) is 6.73 Å². The zero-order valence-corrected chi connectivity index (χ0v) is 17.6. The van der Waals surface area contributed by atoms with Gasteiger partial charge in [0.2, 0.25) is 10.0 Å². The van der Waals surface area contributed by atoms with Crippen molar-refractivity contribution in [1.29, 1.82) is 0 Å². The summed E-state index contributed by atoms with van der Waals surface area (Å²) in [6.07, 6.45) is 1.61. The SMILES string of the molecule is Cc1ccc(S(=O)(=O)N2CCC(N3COCc4cc(C)ccc43)CC2)c(C)c1. The van der Waals surface area contributed by atoms with E-state index >= 15 is 0 Å². The molecule has 4 rings (SSSR count). The molecule has 0 amide bonds. The van der Waals surface area contributed by atoms with Crippen LogP contribution in [0.2, 0.25) is 0 Å². The largest absolute Gasteiger partial charge is 0.356 e. The summed E-state index contributed by atoms with van der Waals surface area (Å²) >= 11 is 0. The summed E-state index contributed by atoms with van der Waals surface area (Å²) < 4.78 is 33.7. The van der Waals surface area contributed by atoms with E-state index in [2.05, 4.69) is 30.0 Å². The first-order chi connectivity index (χ1) is 13.4. The number of piperidine rings is 1. The Labute approximate surface area is 168 Å². The molecule has 2 aliphatic heterocycles. The van der Waals surface area contributed by atoms with Crippen LogP contribution in [0.25, 0.3) is 0 Å². The van der Waals surface area contributed by atoms with Crippen molar-refractivity contribution in [2.45, 2.75) is 51.2 Å². The fraction of sp³-hybridized carbons (Fsp3) is 0.455. The topological polar surface area (TPSA) is 49.9 Å². The zero-order valence-electron chi connectivity index (χ0n) is 16.8. The van der Waals surface area contributed by atoms with E-state index < -0.39 is 10.0 Å². The van der Waals surface area contributed by atoms with Gasteiger partial charge in [-0.15, -0.1) is 0 Å². The van der Waals surface area contributed by atoms with Gasteiger partial charge in [-0.1, -0.05) is 35.4 Å². The summed E-state index contributed by atoms with van der Waals surface area (Å²) in [5.41, 5.74) is 5.58. The second-order valence-electron chi connectivity index (χ2n) is 7.98. The molecule has 150 valence electrons. The first-order valence-electron chi connectivity index (χ1n) is 9.87. The molecule has 1 saturated heterocycles. The van der Waals surface area contributed by atoms with E-state index in [0.717, 1.165) is 24.0 Å². The van der Waals surface area contributed by atoms with Crippen LogP contribution in [-0.2, 0) is 21.4 Å². The monoisotopic (exact) mass is 400 g/mol. The summed E-state index contributed by atoms with van der Waals surface area (Å²) in [5, 5.41) is 0. The number of hydrogen-bond acceptors (Lipinski definition) is 4. The van der Waals surface area contributed by atoms with Gasteiger partial charge in [0.05, 0.1) is 11.5 Å². The molecular weight excluding hydrogens is 372 g/mol. The fourth-order valence-electron chi connectivity index (χ4n) is 4.36. The van der Waals surface area contributed by atoms with Crippen LogP contribution in [0.3, 0.4) is 0 Å². The molecule has 0 spiro atoms. The van der Waals surface area contributed by atoms with Crippen LogP contribution >= 0.6 is 0 Å². The molecule has 2 heterocycles. The van der Waals surface area contributed by atoms with Crippen LogP contribution in [0.1, 0.15) is 35.1 Å². The van der Waals surface area contributed by atoms with Crippen molar-refractivity contribution in [3.05, 3.63) is 58.7 Å². The zero-order chi connectivity index (χ0) is 19.9. The molecule has 0 bridgehead atoms. The van der Waals surface area contributed by atoms with Gasteiger partial charge in [-0.3, -0.25) is 0 Å². The number of anilines is 1. The third kappa shape index (κ3) is 3.56. The van der Waals surface area contributed by atoms with Gasteiger partial charge in [0, 0.05) is 30.4 Å². The van der Waals surface area contributed by atoms with E-state index in [-0.39, 0.29) is 0 Å². The highest BCUT2D eigenvalue weighted by Gasteiger charge is 2.34. The maximum absolute atomic E-state index is 13.1. The Hall–Kier alpha value is -1.89. The number of rotatable bonds is 3. The highest BCUT2D eigenvalue weighted by Crippen LogP contribution is 2.32. The minimum atomic E-state index is -3.45. The van der Waals surface area contributed by atoms with E-state index in [1.165, 1.54) is 16.8 Å². The van der Waals surface area contributed by atoms with Gasteiger partial charge in [0.15, 0.2) is 0 Å². The second-order valence-corrected chi connectivity index (χ2v) is 9.89. The lowest BCUT2D eigenvalue weighted by Crippen LogP contribution is -2.48. The number of benzene rings is 2. The molecule has 0 unspecified atom stereocenters. The predicted octanol–water partition coefficient (Wildman–Crippen LogP) is 3.76. The Kier molecular flexibility index (Phi) is 5.21. The average molecular weight is 401 g/mol. The van der Waals surface area contributed by atoms with E-state index in [0.29, 0.717) is 37.4 Å². The maximum atomic E-state index is 13.1. The Balaban J connectivity index is 1.50. The van der Waals surface area contributed by atoms with Crippen molar-refractivity contribution < 1.29 is 13.2 Å². The van der Waals surface area contributed by atoms with Gasteiger partial charge in [-0.2, -0.15) is 4.31 Å². The third-order valence-electron chi connectivity index (χ3n) is 5.84. The summed E-state index contributed by atoms with van der Waals surface area (Å²) in [7, 11) is -3.45. The minimum Gasteiger partial charge on any atom is -0.356 e. The third-order valence-corrected chi connectivity index (χ3v) is 7.90. The predicted molar refractivity (Wildman–Crippen MR) is 111 cm³/mol. The average Bonchev–Trinajstić information content (AvgIpc) is 2.67. The quantitative estimate of drug-likeness (QED) is 0.787. The molecule has 2 aromatic rings. The highest BCUT2D eigenvalue weighted by atomic mass is 32.2. The van der Waals surface area contributed by atoms with Gasteiger partial charge in [-0.25, -0.2) is 8.42 Å². The number of hydrogen-bond donors (Lipinski definition) is 0. The first kappa shape index (κ1) is 19.4. The van der Waals surface area contributed by atoms with Crippen LogP contribution in [-0.4, -0.2) is 38.6 Å². The lowest BCUT2D eigenvalue weighted by Gasteiger charge is -2.41. The Morgan fingerprint density at radius 1 is 0.964 bits per heavy atom. The summed E-state index contributed by atoms with van der Waals surface area (Å²) in [4.78, 5) is 2.73. The van der Waals surface area contributed by atoms with Gasteiger partial charge < -0.3 is 9.64 Å².